The first-order valence-corrected chi connectivity index (χ1v) is 19.3. The molecule has 256 valence electrons. The fourth-order valence-corrected chi connectivity index (χ4v) is 6.83. The third kappa shape index (κ3) is 8.58. The number of azide groups is 1. The second-order valence-electron chi connectivity index (χ2n) is 14.5. The molecule has 0 spiro atoms. The number of fused-ring (bicyclic) bond motifs is 1. The average Bonchev–Trinajstić information content (AvgIpc) is 2.99. The van der Waals surface area contributed by atoms with Gasteiger partial charge in [0.05, 0.1) is 12.2 Å². The van der Waals surface area contributed by atoms with Crippen molar-refractivity contribution >= 4 is 14.0 Å². The first-order chi connectivity index (χ1) is 21.5. The zero-order chi connectivity index (χ0) is 34.4. The first-order valence-electron chi connectivity index (χ1n) is 16.4. The number of hydrogen-bond acceptors (Lipinski definition) is 4. The molecule has 46 heavy (non-hydrogen) atoms. The van der Waals surface area contributed by atoms with Gasteiger partial charge in [-0.1, -0.05) is 58.0 Å². The molecule has 0 aromatic heterocycles. The maximum absolute atomic E-state index is 14.1. The average molecular weight is 666 g/mol. The van der Waals surface area contributed by atoms with E-state index in [1.165, 1.54) is 22.3 Å². The lowest BCUT2D eigenvalue weighted by atomic mass is 9.84. The lowest BCUT2D eigenvalue weighted by Crippen LogP contribution is -2.44. The van der Waals surface area contributed by atoms with Crippen LogP contribution >= 0.6 is 0 Å². The number of rotatable bonds is 15. The van der Waals surface area contributed by atoms with Crippen LogP contribution in [0.15, 0.2) is 5.11 Å². The van der Waals surface area contributed by atoms with Crippen LogP contribution in [0.5, 0.6) is 11.5 Å². The predicted molar refractivity (Wildman–Crippen MR) is 178 cm³/mol. The second-order valence-corrected chi connectivity index (χ2v) is 19.2. The van der Waals surface area contributed by atoms with Gasteiger partial charge in [0, 0.05) is 17.1 Å². The monoisotopic (exact) mass is 665 g/mol. The maximum Gasteiger partial charge on any atom is 0.250 e. The Morgan fingerprint density at radius 3 is 2.00 bits per heavy atom. The van der Waals surface area contributed by atoms with E-state index in [1.807, 2.05) is 0 Å². The van der Waals surface area contributed by atoms with Crippen LogP contribution in [0.2, 0.25) is 18.1 Å². The van der Waals surface area contributed by atoms with E-state index in [0.29, 0.717) is 6.42 Å². The molecular formula is C35H51F4N3O3Si. The fourth-order valence-electron chi connectivity index (χ4n) is 5.70. The van der Waals surface area contributed by atoms with Gasteiger partial charge < -0.3 is 13.9 Å². The number of benzene rings is 2. The van der Waals surface area contributed by atoms with E-state index in [2.05, 4.69) is 71.6 Å². The summed E-state index contributed by atoms with van der Waals surface area (Å²) in [6.07, 6.45) is 9.86. The smallest absolute Gasteiger partial charge is 0.250 e. The molecule has 2 aromatic carbocycles. The van der Waals surface area contributed by atoms with Crippen molar-refractivity contribution in [2.75, 3.05) is 6.61 Å². The van der Waals surface area contributed by atoms with E-state index in [9.17, 15) is 17.6 Å². The largest absolute Gasteiger partial charge is 0.543 e. The maximum atomic E-state index is 14.1. The van der Waals surface area contributed by atoms with E-state index in [-0.39, 0.29) is 17.2 Å². The van der Waals surface area contributed by atoms with Crippen molar-refractivity contribution in [3.8, 4) is 11.5 Å². The fraction of sp³-hybridized carbons (Fsp3) is 0.657. The Morgan fingerprint density at radius 2 is 1.43 bits per heavy atom. The highest BCUT2D eigenvalue weighted by molar-refractivity contribution is 6.74. The van der Waals surface area contributed by atoms with Gasteiger partial charge in [-0.05, 0) is 100 Å². The molecule has 1 atom stereocenters. The summed E-state index contributed by atoms with van der Waals surface area (Å²) in [4.78, 5) is 2.19. The lowest BCUT2D eigenvalue weighted by Gasteiger charge is -2.41. The van der Waals surface area contributed by atoms with Crippen molar-refractivity contribution in [1.29, 1.82) is 0 Å². The molecular weight excluding hydrogens is 614 g/mol. The minimum Gasteiger partial charge on any atom is -0.543 e. The molecule has 0 N–H and O–H groups in total. The third-order valence-electron chi connectivity index (χ3n) is 9.94. The van der Waals surface area contributed by atoms with Gasteiger partial charge in [0.25, 0.3) is 8.32 Å². The van der Waals surface area contributed by atoms with Crippen LogP contribution in [0.3, 0.4) is 0 Å². The van der Waals surface area contributed by atoms with Crippen molar-refractivity contribution in [1.82, 2.24) is 0 Å². The van der Waals surface area contributed by atoms with Crippen LogP contribution in [0.1, 0.15) is 113 Å². The van der Waals surface area contributed by atoms with Crippen molar-refractivity contribution in [3.05, 3.63) is 61.5 Å². The number of ether oxygens (including phenoxy) is 2. The summed E-state index contributed by atoms with van der Waals surface area (Å²) in [7, 11) is -1.98. The van der Waals surface area contributed by atoms with Crippen LogP contribution in [0.25, 0.3) is 10.4 Å². The van der Waals surface area contributed by atoms with Crippen molar-refractivity contribution in [3.63, 3.8) is 0 Å². The standard InChI is InChI=1S/C35H51F4N3O3Si/c1-22-23(2)33-25(24(3)32(22)45-46(8,9)34(4,5)6)17-19-35(7,44-33)18-15-13-11-10-12-14-16-20-43-21-26-27(36)29(38)31(41-42-40)30(39)28(26)37/h10-21H2,1-9H3/t35-/m1/s1. The number of hydrogen-bond donors (Lipinski definition) is 0. The Bertz CT molecular complexity index is 1430. The molecule has 0 radical (unpaired) electrons. The Balaban J connectivity index is 1.39. The molecule has 1 heterocycles. The molecule has 0 aliphatic carbocycles. The molecule has 6 nitrogen and oxygen atoms in total. The number of unbranched alkanes of at least 4 members (excludes halogenated alkanes) is 6. The topological polar surface area (TPSA) is 76.5 Å². The molecule has 3 rings (SSSR count). The van der Waals surface area contributed by atoms with Gasteiger partial charge in [0.15, 0.2) is 23.3 Å². The normalized spacial score (nSPS) is 16.5. The molecule has 0 amide bonds. The van der Waals surface area contributed by atoms with E-state index < -0.39 is 49.4 Å². The highest BCUT2D eigenvalue weighted by Gasteiger charge is 2.41. The summed E-state index contributed by atoms with van der Waals surface area (Å²) in [5.41, 5.74) is 10.8. The Kier molecular flexibility index (Phi) is 12.6. The van der Waals surface area contributed by atoms with Crippen LogP contribution in [0.4, 0.5) is 23.2 Å². The second kappa shape index (κ2) is 15.4. The predicted octanol–water partition coefficient (Wildman–Crippen LogP) is 11.9. The molecule has 1 aliphatic rings. The zero-order valence-electron chi connectivity index (χ0n) is 29.1. The molecule has 11 heteroatoms. The van der Waals surface area contributed by atoms with Gasteiger partial charge in [-0.3, -0.25) is 0 Å². The summed E-state index contributed by atoms with van der Waals surface area (Å²) in [6.45, 7) is 19.7. The molecule has 1 aliphatic heterocycles. The quantitative estimate of drug-likeness (QED) is 0.0361. The van der Waals surface area contributed by atoms with Crippen molar-refractivity contribution < 1.29 is 31.5 Å². The summed E-state index contributed by atoms with van der Waals surface area (Å²) in [5, 5.41) is 2.81. The highest BCUT2D eigenvalue weighted by Crippen LogP contribution is 2.47. The zero-order valence-corrected chi connectivity index (χ0v) is 30.1. The first kappa shape index (κ1) is 37.7. The Labute approximate surface area is 273 Å². The molecule has 0 unspecified atom stereocenters. The number of nitrogens with zero attached hydrogens (tertiary/aromatic N) is 3. The van der Waals surface area contributed by atoms with Crippen LogP contribution in [0, 0.1) is 44.0 Å². The van der Waals surface area contributed by atoms with Crippen molar-refractivity contribution in [2.24, 2.45) is 5.11 Å². The van der Waals surface area contributed by atoms with E-state index >= 15 is 0 Å². The van der Waals surface area contributed by atoms with Gasteiger partial charge in [0.2, 0.25) is 0 Å². The molecule has 0 fully saturated rings. The van der Waals surface area contributed by atoms with Gasteiger partial charge >= 0.3 is 0 Å². The van der Waals surface area contributed by atoms with Gasteiger partial charge in [-0.15, -0.1) is 0 Å². The molecule has 2 aromatic rings. The van der Waals surface area contributed by atoms with Gasteiger partial charge in [-0.25, -0.2) is 17.6 Å². The van der Waals surface area contributed by atoms with Gasteiger partial charge in [-0.2, -0.15) is 0 Å². The van der Waals surface area contributed by atoms with E-state index in [0.717, 1.165) is 69.3 Å². The summed E-state index contributed by atoms with van der Waals surface area (Å²) in [6, 6.07) is 0. The Morgan fingerprint density at radius 1 is 0.870 bits per heavy atom. The van der Waals surface area contributed by atoms with Gasteiger partial charge in [0.1, 0.15) is 22.8 Å². The van der Waals surface area contributed by atoms with Crippen LogP contribution in [-0.4, -0.2) is 20.5 Å². The molecule has 0 saturated heterocycles. The van der Waals surface area contributed by atoms with E-state index in [4.69, 9.17) is 19.4 Å². The van der Waals surface area contributed by atoms with Crippen LogP contribution < -0.4 is 9.16 Å². The Hall–Kier alpha value is -2.75. The molecule has 0 saturated carbocycles. The SMILES string of the molecule is Cc1c(C)c2c(c(C)c1O[Si](C)(C)C(C)(C)C)CC[C@@](C)(CCCCCCCCCOCc1c(F)c(F)c(N=[N+]=[N-])c(F)c1F)O2. The summed E-state index contributed by atoms with van der Waals surface area (Å²) < 4.78 is 74.9. The highest BCUT2D eigenvalue weighted by atomic mass is 28.4. The van der Waals surface area contributed by atoms with Crippen molar-refractivity contribution in [2.45, 2.75) is 143 Å². The minimum absolute atomic E-state index is 0.125. The summed E-state index contributed by atoms with van der Waals surface area (Å²) in [5.74, 6) is -4.59. The molecule has 0 bridgehead atoms. The summed E-state index contributed by atoms with van der Waals surface area (Å²) >= 11 is 0. The minimum atomic E-state index is -1.98. The van der Waals surface area contributed by atoms with Crippen LogP contribution in [-0.2, 0) is 17.8 Å². The van der Waals surface area contributed by atoms with E-state index in [1.54, 1.807) is 0 Å². The lowest BCUT2D eigenvalue weighted by molar-refractivity contribution is 0.0522. The third-order valence-corrected chi connectivity index (χ3v) is 14.3. The number of halogens is 4.